The Bertz CT molecular complexity index is 1690. The lowest BCUT2D eigenvalue weighted by Crippen LogP contribution is -2.37. The summed E-state index contributed by atoms with van der Waals surface area (Å²) in [5.74, 6) is 0. The first-order chi connectivity index (χ1) is 17.5. The second-order valence-electron chi connectivity index (χ2n) is 10.4. The van der Waals surface area contributed by atoms with Crippen molar-refractivity contribution in [3.05, 3.63) is 116 Å². The molecule has 2 aromatic heterocycles. The molecule has 0 N–H and O–H groups in total. The second-order valence-corrected chi connectivity index (χ2v) is 15.5. The van der Waals surface area contributed by atoms with E-state index < -0.39 is 8.07 Å². The van der Waals surface area contributed by atoms with Crippen molar-refractivity contribution in [1.29, 1.82) is 0 Å². The van der Waals surface area contributed by atoms with Gasteiger partial charge in [-0.2, -0.15) is 0 Å². The van der Waals surface area contributed by atoms with E-state index in [0.29, 0.717) is 0 Å². The van der Waals surface area contributed by atoms with Gasteiger partial charge in [-0.3, -0.25) is 9.97 Å². The minimum Gasteiger partial charge on any atom is -0.256 e. The molecule has 2 nitrogen and oxygen atoms in total. The fourth-order valence-corrected chi connectivity index (χ4v) is 5.96. The Morgan fingerprint density at radius 1 is 0.528 bits per heavy atom. The molecule has 4 aromatic carbocycles. The fraction of sp³-hybridized carbons (Fsp3) is 0.0909. The molecule has 0 atom stereocenters. The number of hydrogen-bond acceptors (Lipinski definition) is 2. The van der Waals surface area contributed by atoms with Gasteiger partial charge in [0.15, 0.2) is 0 Å². The van der Waals surface area contributed by atoms with E-state index in [1.54, 1.807) is 0 Å². The predicted molar refractivity (Wildman–Crippen MR) is 156 cm³/mol. The number of nitrogens with zero attached hydrogens (tertiary/aromatic N) is 2. The number of benzene rings is 4. The predicted octanol–water partition coefficient (Wildman–Crippen LogP) is 8.33. The summed E-state index contributed by atoms with van der Waals surface area (Å²) in [7, 11) is -1.29. The van der Waals surface area contributed by atoms with Gasteiger partial charge in [0, 0.05) is 34.5 Å². The molecule has 2 heterocycles. The molecule has 3 heteroatoms. The maximum Gasteiger partial charge on any atom is 0.0775 e. The smallest absolute Gasteiger partial charge is 0.0775 e. The van der Waals surface area contributed by atoms with Gasteiger partial charge in [0.05, 0.1) is 19.3 Å². The molecule has 0 aliphatic heterocycles. The van der Waals surface area contributed by atoms with Gasteiger partial charge in [-0.15, -0.1) is 0 Å². The summed E-state index contributed by atoms with van der Waals surface area (Å²) in [5, 5.41) is 5.06. The third kappa shape index (κ3) is 4.23. The highest BCUT2D eigenvalue weighted by atomic mass is 28.3. The van der Waals surface area contributed by atoms with Crippen LogP contribution in [0.1, 0.15) is 0 Å². The van der Waals surface area contributed by atoms with Gasteiger partial charge >= 0.3 is 0 Å². The third-order valence-electron chi connectivity index (χ3n) is 6.93. The Hall–Kier alpha value is -4.08. The van der Waals surface area contributed by atoms with Crippen molar-refractivity contribution in [2.45, 2.75) is 19.6 Å². The van der Waals surface area contributed by atoms with Crippen LogP contribution < -0.4 is 5.19 Å². The normalized spacial score (nSPS) is 11.8. The van der Waals surface area contributed by atoms with Crippen LogP contribution in [-0.4, -0.2) is 18.0 Å². The number of rotatable bonds is 4. The molecule has 174 valence electrons. The van der Waals surface area contributed by atoms with E-state index in [4.69, 9.17) is 9.97 Å². The van der Waals surface area contributed by atoms with E-state index in [1.807, 2.05) is 12.4 Å². The van der Waals surface area contributed by atoms with Crippen molar-refractivity contribution in [2.75, 3.05) is 0 Å². The molecule has 6 aromatic rings. The van der Waals surface area contributed by atoms with Crippen LogP contribution in [0.25, 0.3) is 55.2 Å². The van der Waals surface area contributed by atoms with Gasteiger partial charge in [0.1, 0.15) is 0 Å². The first kappa shape index (κ1) is 22.4. The number of pyridine rings is 2. The van der Waals surface area contributed by atoms with Crippen LogP contribution in [0.4, 0.5) is 0 Å². The fourth-order valence-electron chi connectivity index (χ4n) is 4.79. The van der Waals surface area contributed by atoms with Crippen LogP contribution in [0, 0.1) is 0 Å². The van der Waals surface area contributed by atoms with E-state index in [2.05, 4.69) is 123 Å². The van der Waals surface area contributed by atoms with Gasteiger partial charge in [0.2, 0.25) is 0 Å². The van der Waals surface area contributed by atoms with Gasteiger partial charge in [-0.1, -0.05) is 110 Å². The molecule has 0 unspecified atom stereocenters. The molecule has 0 saturated carbocycles. The summed E-state index contributed by atoms with van der Waals surface area (Å²) in [6.07, 6.45) is 3.91. The zero-order valence-corrected chi connectivity index (χ0v) is 21.9. The SMILES string of the molecule is C[Si](C)(C)c1ccc(-c2ccc3cc(-c4ccc(-c5cccc6ccccc56)nc4)cnc3c2)cc1. The highest BCUT2D eigenvalue weighted by Gasteiger charge is 2.16. The molecular formula is C33H28N2Si. The molecule has 0 spiro atoms. The van der Waals surface area contributed by atoms with Crippen LogP contribution in [0.5, 0.6) is 0 Å². The maximum atomic E-state index is 4.81. The van der Waals surface area contributed by atoms with E-state index >= 15 is 0 Å². The Labute approximate surface area is 213 Å². The summed E-state index contributed by atoms with van der Waals surface area (Å²) in [5.41, 5.74) is 7.72. The molecule has 0 radical (unpaired) electrons. The van der Waals surface area contributed by atoms with Crippen LogP contribution in [0.15, 0.2) is 116 Å². The first-order valence-corrected chi connectivity index (χ1v) is 15.9. The quantitative estimate of drug-likeness (QED) is 0.237. The van der Waals surface area contributed by atoms with Crippen molar-refractivity contribution in [1.82, 2.24) is 9.97 Å². The lowest BCUT2D eigenvalue weighted by molar-refractivity contribution is 1.32. The molecule has 0 fully saturated rings. The zero-order chi connectivity index (χ0) is 24.7. The topological polar surface area (TPSA) is 25.8 Å². The van der Waals surface area contributed by atoms with E-state index in [1.165, 1.54) is 27.1 Å². The summed E-state index contributed by atoms with van der Waals surface area (Å²) < 4.78 is 0. The number of fused-ring (bicyclic) bond motifs is 2. The maximum absolute atomic E-state index is 4.81. The second kappa shape index (κ2) is 8.85. The van der Waals surface area contributed by atoms with Crippen molar-refractivity contribution in [3.63, 3.8) is 0 Å². The highest BCUT2D eigenvalue weighted by Crippen LogP contribution is 2.30. The summed E-state index contributed by atoms with van der Waals surface area (Å²) >= 11 is 0. The van der Waals surface area contributed by atoms with Crippen LogP contribution in [-0.2, 0) is 0 Å². The summed E-state index contributed by atoms with van der Waals surface area (Å²) in [6.45, 7) is 7.14. The average Bonchev–Trinajstić information content (AvgIpc) is 2.92. The first-order valence-electron chi connectivity index (χ1n) is 12.4. The van der Waals surface area contributed by atoms with Crippen molar-refractivity contribution in [2.24, 2.45) is 0 Å². The minimum atomic E-state index is -1.29. The average molecular weight is 481 g/mol. The molecular weight excluding hydrogens is 452 g/mol. The van der Waals surface area contributed by atoms with Gasteiger partial charge < -0.3 is 0 Å². The van der Waals surface area contributed by atoms with E-state index in [9.17, 15) is 0 Å². The van der Waals surface area contributed by atoms with Gasteiger partial charge in [0.25, 0.3) is 0 Å². The molecule has 0 bridgehead atoms. The van der Waals surface area contributed by atoms with Gasteiger partial charge in [-0.25, -0.2) is 0 Å². The van der Waals surface area contributed by atoms with Crippen molar-refractivity contribution >= 4 is 34.9 Å². The van der Waals surface area contributed by atoms with Crippen molar-refractivity contribution in [3.8, 4) is 33.5 Å². The molecule has 0 amide bonds. The standard InChI is InChI=1S/C33H28N2Si/c1-36(2,3)29-16-13-23(14-17-29)25-11-12-26-19-28(22-35-33(26)20-25)27-15-18-32(34-21-27)31-10-6-8-24-7-4-5-9-30(24)31/h4-22H,1-3H3. The summed E-state index contributed by atoms with van der Waals surface area (Å²) in [6, 6.07) is 36.9. The third-order valence-corrected chi connectivity index (χ3v) is 9.00. The number of aromatic nitrogens is 2. The van der Waals surface area contributed by atoms with Crippen LogP contribution in [0.3, 0.4) is 0 Å². The molecule has 0 aliphatic rings. The monoisotopic (exact) mass is 480 g/mol. The minimum absolute atomic E-state index is 0.981. The number of hydrogen-bond donors (Lipinski definition) is 0. The van der Waals surface area contributed by atoms with Crippen molar-refractivity contribution < 1.29 is 0 Å². The molecule has 36 heavy (non-hydrogen) atoms. The Kier molecular flexibility index (Phi) is 5.50. The lowest BCUT2D eigenvalue weighted by Gasteiger charge is -2.16. The zero-order valence-electron chi connectivity index (χ0n) is 20.9. The van der Waals surface area contributed by atoms with Gasteiger partial charge in [-0.05, 0) is 40.1 Å². The lowest BCUT2D eigenvalue weighted by atomic mass is 10.00. The van der Waals surface area contributed by atoms with Crippen LogP contribution in [0.2, 0.25) is 19.6 Å². The Balaban J connectivity index is 1.29. The summed E-state index contributed by atoms with van der Waals surface area (Å²) in [4.78, 5) is 9.61. The molecule has 0 aliphatic carbocycles. The largest absolute Gasteiger partial charge is 0.256 e. The van der Waals surface area contributed by atoms with E-state index in [-0.39, 0.29) is 0 Å². The highest BCUT2D eigenvalue weighted by molar-refractivity contribution is 6.88. The molecule has 6 rings (SSSR count). The Morgan fingerprint density at radius 3 is 2.03 bits per heavy atom. The Morgan fingerprint density at radius 2 is 1.25 bits per heavy atom. The molecule has 0 saturated heterocycles. The van der Waals surface area contributed by atoms with Crippen LogP contribution >= 0.6 is 0 Å². The van der Waals surface area contributed by atoms with E-state index in [0.717, 1.165) is 33.3 Å².